The third-order valence-corrected chi connectivity index (χ3v) is 5.67. The molecule has 3 rings (SSSR count). The number of carboxylic acids is 1. The number of thiocarbonyl (C=S) groups is 1. The standard InChI is InChI=1S/C21H16N2O5S2/c24-19-18(8-4-7-14-9-11-16(12-10-14)23(27)28)30-21(29)22(19)17(20(25)26)13-15-5-2-1-3-6-15/h1-12,17H,13H2,(H,25,26)/p-1/b7-4+,18-8-/t17-/m0/s1. The Morgan fingerprint density at radius 1 is 1.17 bits per heavy atom. The molecular weight excluding hydrogens is 424 g/mol. The first kappa shape index (κ1) is 21.4. The monoisotopic (exact) mass is 439 g/mol. The Hall–Kier alpha value is -3.30. The Morgan fingerprint density at radius 3 is 2.43 bits per heavy atom. The molecule has 0 saturated carbocycles. The highest BCUT2D eigenvalue weighted by molar-refractivity contribution is 8.26. The predicted octanol–water partition coefficient (Wildman–Crippen LogP) is 2.71. The molecule has 1 amide bonds. The molecule has 2 aromatic carbocycles. The van der Waals surface area contributed by atoms with Crippen LogP contribution in [0.5, 0.6) is 0 Å². The maximum Gasteiger partial charge on any atom is 0.269 e. The van der Waals surface area contributed by atoms with Gasteiger partial charge in [0.15, 0.2) is 0 Å². The lowest BCUT2D eigenvalue weighted by molar-refractivity contribution is -0.384. The van der Waals surface area contributed by atoms with Crippen molar-refractivity contribution in [3.05, 3.63) is 92.9 Å². The van der Waals surface area contributed by atoms with E-state index in [0.717, 1.165) is 22.2 Å². The fourth-order valence-electron chi connectivity index (χ4n) is 2.83. The number of allylic oxidation sites excluding steroid dienone is 2. The molecule has 9 heteroatoms. The summed E-state index contributed by atoms with van der Waals surface area (Å²) < 4.78 is 0.153. The first-order valence-electron chi connectivity index (χ1n) is 8.80. The van der Waals surface area contributed by atoms with Crippen molar-refractivity contribution < 1.29 is 19.6 Å². The molecule has 1 atom stereocenters. The number of non-ortho nitro benzene ring substituents is 1. The van der Waals surface area contributed by atoms with Crippen molar-refractivity contribution in [2.45, 2.75) is 12.5 Å². The van der Waals surface area contributed by atoms with Crippen LogP contribution in [0, 0.1) is 10.1 Å². The number of carboxylic acid groups (broad SMARTS) is 1. The molecule has 0 aliphatic carbocycles. The third kappa shape index (κ3) is 5.00. The first-order chi connectivity index (χ1) is 14.4. The highest BCUT2D eigenvalue weighted by atomic mass is 32.2. The van der Waals surface area contributed by atoms with E-state index in [9.17, 15) is 24.8 Å². The third-order valence-electron chi connectivity index (χ3n) is 4.32. The summed E-state index contributed by atoms with van der Waals surface area (Å²) >= 11 is 6.25. The van der Waals surface area contributed by atoms with Gasteiger partial charge in [-0.3, -0.25) is 19.8 Å². The molecule has 0 unspecified atom stereocenters. The molecule has 1 aliphatic rings. The summed E-state index contributed by atoms with van der Waals surface area (Å²) in [5, 5.41) is 22.4. The van der Waals surface area contributed by atoms with Crippen LogP contribution in [-0.2, 0) is 16.0 Å². The Balaban J connectivity index is 1.75. The maximum absolute atomic E-state index is 12.8. The summed E-state index contributed by atoms with van der Waals surface area (Å²) in [4.78, 5) is 36.0. The summed E-state index contributed by atoms with van der Waals surface area (Å²) in [5.41, 5.74) is 1.45. The number of nitro groups is 1. The number of amides is 1. The van der Waals surface area contributed by atoms with Crippen LogP contribution in [0.1, 0.15) is 11.1 Å². The fraction of sp³-hybridized carbons (Fsp3) is 0.0952. The molecule has 7 nitrogen and oxygen atoms in total. The number of thioether (sulfide) groups is 1. The number of nitrogens with zero attached hydrogens (tertiary/aromatic N) is 2. The van der Waals surface area contributed by atoms with Gasteiger partial charge in [0.1, 0.15) is 4.32 Å². The van der Waals surface area contributed by atoms with Crippen LogP contribution in [0.25, 0.3) is 6.08 Å². The van der Waals surface area contributed by atoms with Gasteiger partial charge in [0.25, 0.3) is 11.6 Å². The van der Waals surface area contributed by atoms with Gasteiger partial charge < -0.3 is 9.90 Å². The van der Waals surface area contributed by atoms with E-state index in [2.05, 4.69) is 0 Å². The van der Waals surface area contributed by atoms with Crippen molar-refractivity contribution >= 4 is 51.9 Å². The van der Waals surface area contributed by atoms with Crippen LogP contribution >= 0.6 is 24.0 Å². The minimum absolute atomic E-state index is 0.0141. The van der Waals surface area contributed by atoms with E-state index in [1.54, 1.807) is 48.6 Å². The van der Waals surface area contributed by atoms with Crippen molar-refractivity contribution in [3.63, 3.8) is 0 Å². The first-order valence-corrected chi connectivity index (χ1v) is 10.0. The van der Waals surface area contributed by atoms with Gasteiger partial charge in [0.2, 0.25) is 0 Å². The van der Waals surface area contributed by atoms with Crippen LogP contribution in [-0.4, -0.2) is 32.1 Å². The van der Waals surface area contributed by atoms with Crippen LogP contribution in [0.3, 0.4) is 0 Å². The number of rotatable bonds is 7. The number of carbonyl (C=O) groups excluding carboxylic acids is 2. The summed E-state index contributed by atoms with van der Waals surface area (Å²) in [5.74, 6) is -1.87. The van der Waals surface area contributed by atoms with Gasteiger partial charge in [0.05, 0.1) is 21.8 Å². The Morgan fingerprint density at radius 2 is 1.83 bits per heavy atom. The van der Waals surface area contributed by atoms with E-state index < -0.39 is 22.8 Å². The van der Waals surface area contributed by atoms with Crippen LogP contribution in [0.15, 0.2) is 71.7 Å². The van der Waals surface area contributed by atoms with Gasteiger partial charge in [-0.1, -0.05) is 66.5 Å². The number of nitro benzene ring substituents is 1. The summed E-state index contributed by atoms with van der Waals surface area (Å²) in [6.45, 7) is 0. The van der Waals surface area contributed by atoms with Crippen molar-refractivity contribution in [1.29, 1.82) is 0 Å². The second-order valence-electron chi connectivity index (χ2n) is 6.31. The van der Waals surface area contributed by atoms with Gasteiger partial charge >= 0.3 is 0 Å². The molecule has 0 radical (unpaired) electrons. The lowest BCUT2D eigenvalue weighted by Gasteiger charge is -2.27. The largest absolute Gasteiger partial charge is 0.548 e. The number of hydrogen-bond acceptors (Lipinski definition) is 7. The summed E-state index contributed by atoms with van der Waals surface area (Å²) in [6.07, 6.45) is 4.91. The van der Waals surface area contributed by atoms with Crippen LogP contribution < -0.4 is 5.11 Å². The molecule has 2 aromatic rings. The number of hydrogen-bond donors (Lipinski definition) is 0. The molecule has 0 spiro atoms. The Bertz CT molecular complexity index is 1050. The molecular formula is C21H15N2O5S2-. The van der Waals surface area contributed by atoms with Crippen molar-refractivity contribution in [1.82, 2.24) is 4.90 Å². The molecule has 1 fully saturated rings. The number of carbonyl (C=O) groups is 2. The van der Waals surface area contributed by atoms with E-state index in [0.29, 0.717) is 5.56 Å². The second kappa shape index (κ2) is 9.47. The molecule has 0 N–H and O–H groups in total. The lowest BCUT2D eigenvalue weighted by atomic mass is 10.0. The zero-order valence-electron chi connectivity index (χ0n) is 15.5. The Labute approximate surface area is 181 Å². The maximum atomic E-state index is 12.8. The second-order valence-corrected chi connectivity index (χ2v) is 7.98. The number of benzene rings is 2. The number of aliphatic carboxylic acids is 1. The minimum atomic E-state index is -1.38. The molecule has 0 aromatic heterocycles. The van der Waals surface area contributed by atoms with E-state index >= 15 is 0 Å². The van der Waals surface area contributed by atoms with Gasteiger partial charge in [-0.05, 0) is 35.8 Å². The lowest BCUT2D eigenvalue weighted by Crippen LogP contribution is -2.51. The summed E-state index contributed by atoms with van der Waals surface area (Å²) in [6, 6.07) is 13.7. The van der Waals surface area contributed by atoms with E-state index in [1.807, 2.05) is 6.07 Å². The van der Waals surface area contributed by atoms with Gasteiger partial charge in [-0.15, -0.1) is 0 Å². The quantitative estimate of drug-likeness (QED) is 0.283. The van der Waals surface area contributed by atoms with E-state index in [1.165, 1.54) is 18.2 Å². The van der Waals surface area contributed by atoms with Crippen LogP contribution in [0.2, 0.25) is 0 Å². The highest BCUT2D eigenvalue weighted by Gasteiger charge is 2.37. The summed E-state index contributed by atoms with van der Waals surface area (Å²) in [7, 11) is 0. The molecule has 1 heterocycles. The van der Waals surface area contributed by atoms with Crippen molar-refractivity contribution in [2.75, 3.05) is 0 Å². The van der Waals surface area contributed by atoms with E-state index in [4.69, 9.17) is 12.2 Å². The zero-order chi connectivity index (χ0) is 21.7. The molecule has 0 bridgehead atoms. The smallest absolute Gasteiger partial charge is 0.269 e. The van der Waals surface area contributed by atoms with Crippen molar-refractivity contribution in [2.24, 2.45) is 0 Å². The fourth-order valence-corrected chi connectivity index (χ4v) is 4.14. The minimum Gasteiger partial charge on any atom is -0.548 e. The normalized spacial score (nSPS) is 16.4. The molecule has 1 saturated heterocycles. The van der Waals surface area contributed by atoms with Gasteiger partial charge in [-0.2, -0.15) is 0 Å². The molecule has 1 aliphatic heterocycles. The van der Waals surface area contributed by atoms with Gasteiger partial charge in [-0.25, -0.2) is 0 Å². The average molecular weight is 439 g/mol. The molecule has 152 valence electrons. The zero-order valence-corrected chi connectivity index (χ0v) is 17.1. The SMILES string of the molecule is O=C([O-])[C@H](Cc1ccccc1)N1C(=O)/C(=C/C=C/c2ccc([N+](=O)[O-])cc2)SC1=S. The van der Waals surface area contributed by atoms with Gasteiger partial charge in [0, 0.05) is 12.1 Å². The van der Waals surface area contributed by atoms with Crippen LogP contribution in [0.4, 0.5) is 5.69 Å². The predicted molar refractivity (Wildman–Crippen MR) is 116 cm³/mol. The Kier molecular flexibility index (Phi) is 6.76. The van der Waals surface area contributed by atoms with E-state index in [-0.39, 0.29) is 21.3 Å². The highest BCUT2D eigenvalue weighted by Crippen LogP contribution is 2.33. The topological polar surface area (TPSA) is 104 Å². The average Bonchev–Trinajstić information content (AvgIpc) is 3.00. The van der Waals surface area contributed by atoms with Crippen molar-refractivity contribution in [3.8, 4) is 0 Å². The molecule has 30 heavy (non-hydrogen) atoms.